The first-order valence-electron chi connectivity index (χ1n) is 6.26. The van der Waals surface area contributed by atoms with Crippen molar-refractivity contribution in [3.63, 3.8) is 0 Å². The number of hydrogen-bond acceptors (Lipinski definition) is 3. The largest absolute Gasteiger partial charge is 0.489 e. The molecule has 0 aromatic heterocycles. The van der Waals surface area contributed by atoms with Crippen LogP contribution in [0.4, 0.5) is 0 Å². The highest BCUT2D eigenvalue weighted by atomic mass is 16.5. The highest BCUT2D eigenvalue weighted by Gasteiger charge is 2.30. The van der Waals surface area contributed by atoms with Crippen LogP contribution >= 0.6 is 0 Å². The van der Waals surface area contributed by atoms with Gasteiger partial charge in [0.2, 0.25) is 0 Å². The van der Waals surface area contributed by atoms with E-state index < -0.39 is 6.10 Å². The Hall–Kier alpha value is -1.55. The fourth-order valence-electron chi connectivity index (χ4n) is 2.10. The van der Waals surface area contributed by atoms with Crippen LogP contribution in [0.3, 0.4) is 0 Å². The summed E-state index contributed by atoms with van der Waals surface area (Å²) in [6.07, 6.45) is -0.463. The number of carbonyl (C=O) groups excluding carboxylic acids is 1. The van der Waals surface area contributed by atoms with Gasteiger partial charge in [-0.1, -0.05) is 19.1 Å². The van der Waals surface area contributed by atoms with E-state index in [9.17, 15) is 9.90 Å². The van der Waals surface area contributed by atoms with Crippen LogP contribution in [0.15, 0.2) is 18.2 Å². The zero-order chi connectivity index (χ0) is 13.3. The molecule has 0 aliphatic carbocycles. The Morgan fingerprint density at radius 1 is 1.50 bits per heavy atom. The molecule has 2 unspecified atom stereocenters. The van der Waals surface area contributed by atoms with E-state index in [0.717, 1.165) is 5.56 Å². The van der Waals surface area contributed by atoms with E-state index in [0.29, 0.717) is 17.2 Å². The normalized spacial score (nSPS) is 23.1. The highest BCUT2D eigenvalue weighted by Crippen LogP contribution is 2.40. The number of amides is 1. The van der Waals surface area contributed by atoms with E-state index >= 15 is 0 Å². The van der Waals surface area contributed by atoms with E-state index in [1.165, 1.54) is 0 Å². The Morgan fingerprint density at radius 2 is 2.22 bits per heavy atom. The molecule has 1 heterocycles. The van der Waals surface area contributed by atoms with Crippen LogP contribution in [0.2, 0.25) is 0 Å². The summed E-state index contributed by atoms with van der Waals surface area (Å²) in [5, 5.41) is 11.9. The van der Waals surface area contributed by atoms with E-state index in [1.54, 1.807) is 13.0 Å². The van der Waals surface area contributed by atoms with Crippen LogP contribution in [-0.4, -0.2) is 29.8 Å². The third-order valence-electron chi connectivity index (χ3n) is 3.35. The van der Waals surface area contributed by atoms with Crippen molar-refractivity contribution in [3.05, 3.63) is 29.3 Å². The van der Waals surface area contributed by atoms with Crippen LogP contribution < -0.4 is 10.1 Å². The lowest BCUT2D eigenvalue weighted by Gasteiger charge is -2.10. The lowest BCUT2D eigenvalue weighted by Crippen LogP contribution is -2.30. The molecule has 0 fully saturated rings. The summed E-state index contributed by atoms with van der Waals surface area (Å²) in [5.41, 5.74) is 1.62. The van der Waals surface area contributed by atoms with Gasteiger partial charge >= 0.3 is 0 Å². The first-order chi connectivity index (χ1) is 8.50. The number of aliphatic hydroxyl groups excluding tert-OH is 1. The lowest BCUT2D eigenvalue weighted by atomic mass is 9.97. The van der Waals surface area contributed by atoms with E-state index in [1.807, 2.05) is 19.1 Å². The van der Waals surface area contributed by atoms with Gasteiger partial charge in [-0.05, 0) is 19.9 Å². The molecule has 1 aromatic rings. The number of aliphatic hydroxyl groups is 1. The van der Waals surface area contributed by atoms with Gasteiger partial charge in [0.15, 0.2) is 0 Å². The molecule has 18 heavy (non-hydrogen) atoms. The molecule has 3 atom stereocenters. The molecule has 4 nitrogen and oxygen atoms in total. The Kier molecular flexibility index (Phi) is 3.57. The summed E-state index contributed by atoms with van der Waals surface area (Å²) in [6, 6.07) is 5.62. The van der Waals surface area contributed by atoms with Crippen LogP contribution in [-0.2, 0) is 0 Å². The number of fused-ring (bicyclic) bond motifs is 1. The molecule has 0 saturated heterocycles. The zero-order valence-corrected chi connectivity index (χ0v) is 10.9. The number of para-hydroxylation sites is 1. The second kappa shape index (κ2) is 4.98. The molecule has 0 radical (unpaired) electrons. The van der Waals surface area contributed by atoms with E-state index in [-0.39, 0.29) is 18.6 Å². The minimum absolute atomic E-state index is 0.0886. The molecular formula is C14H19NO3. The molecule has 0 spiro atoms. The minimum atomic E-state index is -0.551. The smallest absolute Gasteiger partial charge is 0.255 e. The summed E-state index contributed by atoms with van der Waals surface area (Å²) >= 11 is 0. The van der Waals surface area contributed by atoms with Crippen LogP contribution in [0.1, 0.15) is 42.6 Å². The van der Waals surface area contributed by atoms with Gasteiger partial charge in [-0.3, -0.25) is 4.79 Å². The maximum Gasteiger partial charge on any atom is 0.255 e. The molecule has 0 saturated carbocycles. The summed E-state index contributed by atoms with van der Waals surface area (Å²) < 4.78 is 5.75. The van der Waals surface area contributed by atoms with Crippen molar-refractivity contribution in [3.8, 4) is 5.75 Å². The van der Waals surface area contributed by atoms with Crippen molar-refractivity contribution >= 4 is 5.91 Å². The molecular weight excluding hydrogens is 230 g/mol. The van der Waals surface area contributed by atoms with Gasteiger partial charge in [0, 0.05) is 18.0 Å². The predicted molar refractivity (Wildman–Crippen MR) is 69.0 cm³/mol. The average Bonchev–Trinajstić information content (AvgIpc) is 2.62. The summed E-state index contributed by atoms with van der Waals surface area (Å²) in [6.45, 7) is 5.97. The third kappa shape index (κ3) is 2.34. The SMILES string of the molecule is CC1Oc2c(C(=O)NC[C@H](C)O)cccc2C1C. The Morgan fingerprint density at radius 3 is 2.89 bits per heavy atom. The van der Waals surface area contributed by atoms with Crippen LogP contribution in [0.5, 0.6) is 5.75 Å². The number of rotatable bonds is 3. The Bertz CT molecular complexity index is 456. The van der Waals surface area contributed by atoms with Gasteiger partial charge in [0.25, 0.3) is 5.91 Å². The summed E-state index contributed by atoms with van der Waals surface area (Å²) in [5.74, 6) is 0.777. The molecule has 0 bridgehead atoms. The van der Waals surface area contributed by atoms with Crippen molar-refractivity contribution in [2.45, 2.75) is 38.9 Å². The number of benzene rings is 1. The Labute approximate surface area is 107 Å². The van der Waals surface area contributed by atoms with Crippen molar-refractivity contribution in [2.24, 2.45) is 0 Å². The molecule has 1 amide bonds. The van der Waals surface area contributed by atoms with Gasteiger partial charge in [-0.2, -0.15) is 0 Å². The van der Waals surface area contributed by atoms with Gasteiger partial charge in [-0.15, -0.1) is 0 Å². The highest BCUT2D eigenvalue weighted by molar-refractivity contribution is 5.97. The topological polar surface area (TPSA) is 58.6 Å². The summed E-state index contributed by atoms with van der Waals surface area (Å²) in [7, 11) is 0. The molecule has 98 valence electrons. The average molecular weight is 249 g/mol. The number of nitrogens with one attached hydrogen (secondary N) is 1. The van der Waals surface area contributed by atoms with Gasteiger partial charge < -0.3 is 15.2 Å². The number of carbonyl (C=O) groups is 1. The minimum Gasteiger partial charge on any atom is -0.489 e. The van der Waals surface area contributed by atoms with Gasteiger partial charge in [0.05, 0.1) is 11.7 Å². The molecule has 4 heteroatoms. The standard InChI is InChI=1S/C14H19NO3/c1-8(16)7-15-14(17)12-6-4-5-11-9(2)10(3)18-13(11)12/h4-6,8-10,16H,7H2,1-3H3,(H,15,17)/t8-,9?,10?/m0/s1. The van der Waals surface area contributed by atoms with Gasteiger partial charge in [-0.25, -0.2) is 0 Å². The second-order valence-corrected chi connectivity index (χ2v) is 4.89. The fraction of sp³-hybridized carbons (Fsp3) is 0.500. The fourth-order valence-corrected chi connectivity index (χ4v) is 2.10. The lowest BCUT2D eigenvalue weighted by molar-refractivity contribution is 0.0919. The number of ether oxygens (including phenoxy) is 1. The van der Waals surface area contributed by atoms with E-state index in [2.05, 4.69) is 12.2 Å². The first-order valence-corrected chi connectivity index (χ1v) is 6.26. The zero-order valence-electron chi connectivity index (χ0n) is 10.9. The maximum absolute atomic E-state index is 12.0. The maximum atomic E-state index is 12.0. The molecule has 1 aliphatic heterocycles. The van der Waals surface area contributed by atoms with Gasteiger partial charge in [0.1, 0.15) is 11.9 Å². The number of hydrogen-bond donors (Lipinski definition) is 2. The van der Waals surface area contributed by atoms with Crippen LogP contribution in [0, 0.1) is 0 Å². The molecule has 1 aliphatic rings. The summed E-state index contributed by atoms with van der Waals surface area (Å²) in [4.78, 5) is 12.0. The van der Waals surface area contributed by atoms with Crippen molar-refractivity contribution in [1.29, 1.82) is 0 Å². The van der Waals surface area contributed by atoms with Crippen molar-refractivity contribution in [1.82, 2.24) is 5.32 Å². The molecule has 2 rings (SSSR count). The quantitative estimate of drug-likeness (QED) is 0.857. The second-order valence-electron chi connectivity index (χ2n) is 4.89. The van der Waals surface area contributed by atoms with E-state index in [4.69, 9.17) is 4.74 Å². The molecule has 2 N–H and O–H groups in total. The third-order valence-corrected chi connectivity index (χ3v) is 3.35. The monoisotopic (exact) mass is 249 g/mol. The van der Waals surface area contributed by atoms with Crippen molar-refractivity contribution in [2.75, 3.05) is 6.54 Å². The van der Waals surface area contributed by atoms with Crippen LogP contribution in [0.25, 0.3) is 0 Å². The van der Waals surface area contributed by atoms with Crippen molar-refractivity contribution < 1.29 is 14.6 Å². The first kappa shape index (κ1) is 12.9. The Balaban J connectivity index is 2.23. The predicted octanol–water partition coefficient (Wildman–Crippen LogP) is 1.68. The molecule has 1 aromatic carbocycles.